The summed E-state index contributed by atoms with van der Waals surface area (Å²) in [5.41, 5.74) is 0.918. The second-order valence-corrected chi connectivity index (χ2v) is 12.8. The molecule has 1 aromatic heterocycles. The van der Waals surface area contributed by atoms with Crippen molar-refractivity contribution in [1.82, 2.24) is 10.2 Å². The number of halogens is 2. The lowest BCUT2D eigenvalue weighted by molar-refractivity contribution is 0.462. The molecular formula is C20H21Cl2N5O4S3. The zero-order valence-electron chi connectivity index (χ0n) is 17.7. The van der Waals surface area contributed by atoms with Crippen molar-refractivity contribution >= 4 is 59.7 Å². The Labute approximate surface area is 211 Å². The van der Waals surface area contributed by atoms with Crippen LogP contribution >= 0.6 is 34.5 Å². The van der Waals surface area contributed by atoms with E-state index in [1.807, 2.05) is 0 Å². The van der Waals surface area contributed by atoms with Crippen molar-refractivity contribution in [3.63, 3.8) is 0 Å². The van der Waals surface area contributed by atoms with E-state index >= 15 is 0 Å². The van der Waals surface area contributed by atoms with Crippen molar-refractivity contribution in [2.75, 3.05) is 5.32 Å². The van der Waals surface area contributed by atoms with Gasteiger partial charge in [-0.15, -0.1) is 10.2 Å². The SMILES string of the molecule is NS(=O)(=O)c1cc(-c2cc(-c3nnc(NC4CCCCC4)s3)cc(S(N)(=O)=O)c2Cl)ccc1Cl. The van der Waals surface area contributed by atoms with Crippen LogP contribution in [0.3, 0.4) is 0 Å². The first-order chi connectivity index (χ1) is 15.9. The third kappa shape index (κ3) is 5.54. The fourth-order valence-electron chi connectivity index (χ4n) is 3.85. The van der Waals surface area contributed by atoms with Crippen LogP contribution in [0.25, 0.3) is 21.7 Å². The largest absolute Gasteiger partial charge is 0.357 e. The van der Waals surface area contributed by atoms with Crippen molar-refractivity contribution in [1.29, 1.82) is 0 Å². The van der Waals surface area contributed by atoms with E-state index in [-0.39, 0.29) is 31.0 Å². The molecule has 0 atom stereocenters. The van der Waals surface area contributed by atoms with Gasteiger partial charge < -0.3 is 5.32 Å². The van der Waals surface area contributed by atoms with Gasteiger partial charge in [0.25, 0.3) is 0 Å². The molecule has 34 heavy (non-hydrogen) atoms. The van der Waals surface area contributed by atoms with E-state index in [2.05, 4.69) is 15.5 Å². The van der Waals surface area contributed by atoms with Crippen LogP contribution in [-0.4, -0.2) is 33.1 Å². The molecule has 0 saturated heterocycles. The number of hydrogen-bond acceptors (Lipinski definition) is 8. The Hall–Kier alpha value is -1.80. The molecule has 0 bridgehead atoms. The Kier molecular flexibility index (Phi) is 7.21. The maximum Gasteiger partial charge on any atom is 0.239 e. The third-order valence-corrected chi connectivity index (χ3v) is 9.25. The van der Waals surface area contributed by atoms with Gasteiger partial charge in [-0.05, 0) is 42.7 Å². The number of benzene rings is 2. The summed E-state index contributed by atoms with van der Waals surface area (Å²) in [6.07, 6.45) is 5.64. The van der Waals surface area contributed by atoms with Gasteiger partial charge in [0, 0.05) is 17.2 Å². The number of nitrogens with zero attached hydrogens (tertiary/aromatic N) is 2. The predicted molar refractivity (Wildman–Crippen MR) is 134 cm³/mol. The van der Waals surface area contributed by atoms with Crippen LogP contribution in [0.1, 0.15) is 32.1 Å². The fourth-order valence-corrected chi connectivity index (χ4v) is 6.92. The van der Waals surface area contributed by atoms with E-state index in [1.54, 1.807) is 6.07 Å². The molecule has 9 nitrogen and oxygen atoms in total. The number of primary sulfonamides is 2. The van der Waals surface area contributed by atoms with Crippen molar-refractivity contribution in [3.05, 3.63) is 40.4 Å². The van der Waals surface area contributed by atoms with Crippen LogP contribution in [0.5, 0.6) is 0 Å². The minimum Gasteiger partial charge on any atom is -0.357 e. The molecule has 0 aliphatic heterocycles. The van der Waals surface area contributed by atoms with Crippen LogP contribution in [0.4, 0.5) is 5.13 Å². The van der Waals surface area contributed by atoms with Crippen LogP contribution in [-0.2, 0) is 20.0 Å². The monoisotopic (exact) mass is 561 g/mol. The molecule has 0 radical (unpaired) electrons. The Balaban J connectivity index is 1.81. The van der Waals surface area contributed by atoms with Gasteiger partial charge in [0.15, 0.2) is 0 Å². The highest BCUT2D eigenvalue weighted by atomic mass is 35.5. The maximum absolute atomic E-state index is 12.3. The smallest absolute Gasteiger partial charge is 0.239 e. The quantitative estimate of drug-likeness (QED) is 0.406. The molecule has 14 heteroatoms. The molecule has 1 saturated carbocycles. The number of aromatic nitrogens is 2. The molecule has 1 heterocycles. The molecule has 1 aliphatic carbocycles. The normalized spacial score (nSPS) is 15.4. The van der Waals surface area contributed by atoms with E-state index in [9.17, 15) is 16.8 Å². The van der Waals surface area contributed by atoms with Gasteiger partial charge in [0.05, 0.1) is 10.0 Å². The number of nitrogens with two attached hydrogens (primary N) is 2. The van der Waals surface area contributed by atoms with Crippen molar-refractivity contribution in [2.45, 2.75) is 47.9 Å². The van der Waals surface area contributed by atoms with Gasteiger partial charge in [-0.2, -0.15) is 0 Å². The molecule has 1 aliphatic rings. The lowest BCUT2D eigenvalue weighted by Gasteiger charge is -2.21. The molecular weight excluding hydrogens is 541 g/mol. The van der Waals surface area contributed by atoms with E-state index in [1.165, 1.54) is 42.0 Å². The number of hydrogen-bond donors (Lipinski definition) is 3. The second kappa shape index (κ2) is 9.69. The van der Waals surface area contributed by atoms with Gasteiger partial charge in [-0.1, -0.05) is 59.9 Å². The summed E-state index contributed by atoms with van der Waals surface area (Å²) in [6.45, 7) is 0. The summed E-state index contributed by atoms with van der Waals surface area (Å²) in [4.78, 5) is -0.647. The van der Waals surface area contributed by atoms with Crippen molar-refractivity contribution in [3.8, 4) is 21.7 Å². The Morgan fingerprint density at radius 2 is 1.53 bits per heavy atom. The molecule has 0 unspecified atom stereocenters. The lowest BCUT2D eigenvalue weighted by atomic mass is 9.96. The van der Waals surface area contributed by atoms with E-state index < -0.39 is 20.0 Å². The number of rotatable bonds is 6. The molecule has 5 N–H and O–H groups in total. The van der Waals surface area contributed by atoms with Crippen molar-refractivity contribution in [2.24, 2.45) is 10.3 Å². The molecule has 0 amide bonds. The number of anilines is 1. The molecule has 0 spiro atoms. The van der Waals surface area contributed by atoms with Gasteiger partial charge in [-0.25, -0.2) is 27.1 Å². The zero-order valence-corrected chi connectivity index (χ0v) is 21.6. The topological polar surface area (TPSA) is 158 Å². The Morgan fingerprint density at radius 3 is 2.18 bits per heavy atom. The Bertz CT molecular complexity index is 1450. The predicted octanol–water partition coefficient (Wildman–Crippen LogP) is 4.22. The highest BCUT2D eigenvalue weighted by molar-refractivity contribution is 7.89. The summed E-state index contributed by atoms with van der Waals surface area (Å²) in [5.74, 6) is 0. The first-order valence-electron chi connectivity index (χ1n) is 10.2. The van der Waals surface area contributed by atoms with Crippen LogP contribution < -0.4 is 15.6 Å². The maximum atomic E-state index is 12.3. The fraction of sp³-hybridized carbons (Fsp3) is 0.300. The van der Waals surface area contributed by atoms with Crippen LogP contribution in [0, 0.1) is 0 Å². The number of nitrogens with one attached hydrogen (secondary N) is 1. The molecule has 4 rings (SSSR count). The average molecular weight is 563 g/mol. The summed E-state index contributed by atoms with van der Waals surface area (Å²) < 4.78 is 48.4. The van der Waals surface area contributed by atoms with E-state index in [0.717, 1.165) is 25.7 Å². The highest BCUT2D eigenvalue weighted by Gasteiger charge is 2.23. The molecule has 1 fully saturated rings. The average Bonchev–Trinajstić information content (AvgIpc) is 3.22. The zero-order chi connectivity index (χ0) is 24.7. The summed E-state index contributed by atoms with van der Waals surface area (Å²) in [6, 6.07) is 7.31. The molecule has 3 aromatic rings. The van der Waals surface area contributed by atoms with Crippen LogP contribution in [0.2, 0.25) is 10.0 Å². The molecule has 2 aromatic carbocycles. The van der Waals surface area contributed by atoms with Gasteiger partial charge in [0.1, 0.15) is 14.8 Å². The first-order valence-corrected chi connectivity index (χ1v) is 14.9. The minimum atomic E-state index is -4.22. The van der Waals surface area contributed by atoms with Crippen molar-refractivity contribution < 1.29 is 16.8 Å². The van der Waals surface area contributed by atoms with Gasteiger partial charge in [0.2, 0.25) is 25.2 Å². The molecule has 182 valence electrons. The standard InChI is InChI=1S/C20H21Cl2N5O4S3/c21-15-7-6-11(9-16(15)33(23,28)29)14-8-12(10-17(18(14)22)34(24,30)31)19-26-27-20(32-19)25-13-4-2-1-3-5-13/h6-10,13H,1-5H2,(H,25,27)(H2,23,28,29)(H2,24,30,31). The van der Waals surface area contributed by atoms with Crippen LogP contribution in [0.15, 0.2) is 40.1 Å². The number of sulfonamides is 2. The van der Waals surface area contributed by atoms with Gasteiger partial charge >= 0.3 is 0 Å². The van der Waals surface area contributed by atoms with E-state index in [4.69, 9.17) is 33.5 Å². The van der Waals surface area contributed by atoms with Gasteiger partial charge in [-0.3, -0.25) is 0 Å². The highest BCUT2D eigenvalue weighted by Crippen LogP contribution is 2.40. The first kappa shape index (κ1) is 25.3. The van der Waals surface area contributed by atoms with E-state index in [0.29, 0.717) is 21.7 Å². The lowest BCUT2D eigenvalue weighted by Crippen LogP contribution is -2.21. The third-order valence-electron chi connectivity index (χ3n) is 5.50. The summed E-state index contributed by atoms with van der Waals surface area (Å²) >= 11 is 13.7. The summed E-state index contributed by atoms with van der Waals surface area (Å²) in [7, 11) is -8.35. The Morgan fingerprint density at radius 1 is 0.882 bits per heavy atom. The second-order valence-electron chi connectivity index (χ2n) is 7.96. The minimum absolute atomic E-state index is 0.0762. The summed E-state index contributed by atoms with van der Waals surface area (Å²) in [5, 5.41) is 23.3.